The highest BCUT2D eigenvalue weighted by atomic mass is 15.4. The molecular formula is C4H15N5. The smallest absolute Gasteiger partial charge is 0.113 e. The first-order chi connectivity index (χ1) is 4.04. The van der Waals surface area contributed by atoms with E-state index in [2.05, 4.69) is 5.32 Å². The van der Waals surface area contributed by atoms with Crippen molar-refractivity contribution >= 4 is 0 Å². The standard InChI is InChI=1S/C4H15N5/c1-9(2)4(7)8-3(5)6/h3-4,8H,5-7H2,1-2H3. The predicted molar refractivity (Wildman–Crippen MR) is 37.0 cm³/mol. The first-order valence-electron chi connectivity index (χ1n) is 2.73. The van der Waals surface area contributed by atoms with Crippen LogP contribution in [-0.2, 0) is 0 Å². The molecule has 1 atom stereocenters. The highest BCUT2D eigenvalue weighted by molar-refractivity contribution is 4.56. The molecule has 0 heterocycles. The molecule has 0 aromatic heterocycles. The number of nitrogens with two attached hydrogens (primary N) is 3. The van der Waals surface area contributed by atoms with E-state index in [9.17, 15) is 0 Å². The quantitative estimate of drug-likeness (QED) is 0.321. The van der Waals surface area contributed by atoms with Gasteiger partial charge in [0.25, 0.3) is 0 Å². The van der Waals surface area contributed by atoms with E-state index in [0.29, 0.717) is 0 Å². The Labute approximate surface area is 55.2 Å². The van der Waals surface area contributed by atoms with Crippen LogP contribution >= 0.6 is 0 Å². The van der Waals surface area contributed by atoms with Gasteiger partial charge in [-0.1, -0.05) is 0 Å². The maximum atomic E-state index is 5.47. The summed E-state index contributed by atoms with van der Waals surface area (Å²) < 4.78 is 0. The molecule has 0 radical (unpaired) electrons. The van der Waals surface area contributed by atoms with E-state index in [1.165, 1.54) is 0 Å². The molecule has 5 nitrogen and oxygen atoms in total. The van der Waals surface area contributed by atoms with Crippen molar-refractivity contribution in [2.75, 3.05) is 14.1 Å². The van der Waals surface area contributed by atoms with Crippen molar-refractivity contribution < 1.29 is 0 Å². The molecule has 0 rings (SSSR count). The van der Waals surface area contributed by atoms with Crippen LogP contribution in [0, 0.1) is 0 Å². The lowest BCUT2D eigenvalue weighted by atomic mass is 10.7. The lowest BCUT2D eigenvalue weighted by Gasteiger charge is -2.22. The highest BCUT2D eigenvalue weighted by Gasteiger charge is 2.04. The molecule has 0 fully saturated rings. The second-order valence-electron chi connectivity index (χ2n) is 2.10. The number of nitrogens with one attached hydrogen (secondary N) is 1. The van der Waals surface area contributed by atoms with E-state index in [0.717, 1.165) is 0 Å². The molecule has 0 aliphatic heterocycles. The molecular weight excluding hydrogens is 118 g/mol. The van der Waals surface area contributed by atoms with Crippen LogP contribution in [0.3, 0.4) is 0 Å². The van der Waals surface area contributed by atoms with Gasteiger partial charge in [-0.05, 0) is 14.1 Å². The summed E-state index contributed by atoms with van der Waals surface area (Å²) in [4.78, 5) is 1.77. The summed E-state index contributed by atoms with van der Waals surface area (Å²) in [7, 11) is 3.67. The average molecular weight is 133 g/mol. The summed E-state index contributed by atoms with van der Waals surface area (Å²) in [5, 5.41) is 2.70. The average Bonchev–Trinajstić information content (AvgIpc) is 1.63. The number of hydrogen-bond acceptors (Lipinski definition) is 5. The van der Waals surface area contributed by atoms with Gasteiger partial charge in [0.1, 0.15) is 12.6 Å². The molecule has 1 unspecified atom stereocenters. The van der Waals surface area contributed by atoms with Gasteiger partial charge in [0.15, 0.2) is 0 Å². The maximum absolute atomic E-state index is 5.47. The van der Waals surface area contributed by atoms with Crippen LogP contribution in [0.1, 0.15) is 0 Å². The fraction of sp³-hybridized carbons (Fsp3) is 1.00. The minimum Gasteiger partial charge on any atom is -0.304 e. The van der Waals surface area contributed by atoms with E-state index in [1.807, 2.05) is 14.1 Å². The number of nitrogens with zero attached hydrogens (tertiary/aromatic N) is 1. The van der Waals surface area contributed by atoms with Crippen molar-refractivity contribution in [2.24, 2.45) is 17.2 Å². The molecule has 7 N–H and O–H groups in total. The minimum atomic E-state index is -0.553. The first kappa shape index (κ1) is 8.80. The summed E-state index contributed by atoms with van der Waals surface area (Å²) in [6, 6.07) is 0. The fourth-order valence-corrected chi connectivity index (χ4v) is 0.346. The Morgan fingerprint density at radius 1 is 1.22 bits per heavy atom. The molecule has 0 saturated carbocycles. The van der Waals surface area contributed by atoms with Crippen LogP contribution in [0.15, 0.2) is 0 Å². The van der Waals surface area contributed by atoms with Crippen molar-refractivity contribution in [3.05, 3.63) is 0 Å². The SMILES string of the molecule is CN(C)C(N)NC(N)N. The second kappa shape index (κ2) is 3.76. The Morgan fingerprint density at radius 2 is 1.67 bits per heavy atom. The molecule has 0 bridgehead atoms. The van der Waals surface area contributed by atoms with Gasteiger partial charge in [-0.15, -0.1) is 0 Å². The molecule has 0 aliphatic carbocycles. The lowest BCUT2D eigenvalue weighted by molar-refractivity contribution is 0.232. The van der Waals surface area contributed by atoms with Crippen LogP contribution in [0.5, 0.6) is 0 Å². The van der Waals surface area contributed by atoms with Crippen molar-refractivity contribution in [3.63, 3.8) is 0 Å². The first-order valence-corrected chi connectivity index (χ1v) is 2.73. The van der Waals surface area contributed by atoms with Gasteiger partial charge in [0.2, 0.25) is 0 Å². The van der Waals surface area contributed by atoms with Crippen LogP contribution in [0.25, 0.3) is 0 Å². The summed E-state index contributed by atoms with van der Waals surface area (Å²) in [6.45, 7) is 0. The summed E-state index contributed by atoms with van der Waals surface area (Å²) >= 11 is 0. The van der Waals surface area contributed by atoms with Crippen LogP contribution in [0.2, 0.25) is 0 Å². The van der Waals surface area contributed by atoms with E-state index in [4.69, 9.17) is 17.2 Å². The number of hydrogen-bond donors (Lipinski definition) is 4. The van der Waals surface area contributed by atoms with Gasteiger partial charge in [-0.2, -0.15) is 0 Å². The van der Waals surface area contributed by atoms with Gasteiger partial charge in [0.05, 0.1) is 0 Å². The molecule has 5 heteroatoms. The lowest BCUT2D eigenvalue weighted by Crippen LogP contribution is -2.58. The minimum absolute atomic E-state index is 0.273. The van der Waals surface area contributed by atoms with Gasteiger partial charge in [-0.3, -0.25) is 10.2 Å². The number of rotatable bonds is 3. The van der Waals surface area contributed by atoms with Gasteiger partial charge < -0.3 is 17.2 Å². The van der Waals surface area contributed by atoms with E-state index < -0.39 is 6.29 Å². The maximum Gasteiger partial charge on any atom is 0.113 e. The third kappa shape index (κ3) is 4.31. The summed E-state index contributed by atoms with van der Waals surface area (Å²) in [6.07, 6.45) is -0.826. The Balaban J connectivity index is 3.38. The molecule has 0 spiro atoms. The van der Waals surface area contributed by atoms with Crippen LogP contribution in [0.4, 0.5) is 0 Å². The van der Waals surface area contributed by atoms with E-state index in [-0.39, 0.29) is 6.29 Å². The van der Waals surface area contributed by atoms with Gasteiger partial charge in [0, 0.05) is 0 Å². The molecule has 0 aromatic rings. The summed E-state index contributed by atoms with van der Waals surface area (Å²) in [5.41, 5.74) is 15.9. The van der Waals surface area contributed by atoms with E-state index in [1.54, 1.807) is 4.90 Å². The zero-order valence-electron chi connectivity index (χ0n) is 5.83. The predicted octanol–water partition coefficient (Wildman–Crippen LogP) is -2.42. The van der Waals surface area contributed by atoms with Crippen molar-refractivity contribution in [2.45, 2.75) is 12.6 Å². The van der Waals surface area contributed by atoms with Gasteiger partial charge in [-0.25, -0.2) is 0 Å². The molecule has 0 saturated heterocycles. The largest absolute Gasteiger partial charge is 0.304 e. The Kier molecular flexibility index (Phi) is 3.67. The van der Waals surface area contributed by atoms with Crippen molar-refractivity contribution in [1.82, 2.24) is 10.2 Å². The normalized spacial score (nSPS) is 15.0. The van der Waals surface area contributed by atoms with Crippen LogP contribution in [-0.4, -0.2) is 31.6 Å². The van der Waals surface area contributed by atoms with E-state index >= 15 is 0 Å². The molecule has 0 aromatic carbocycles. The molecule has 56 valence electrons. The highest BCUT2D eigenvalue weighted by Crippen LogP contribution is 1.74. The monoisotopic (exact) mass is 133 g/mol. The fourth-order valence-electron chi connectivity index (χ4n) is 0.346. The third-order valence-corrected chi connectivity index (χ3v) is 0.920. The molecule has 0 amide bonds. The zero-order chi connectivity index (χ0) is 7.44. The van der Waals surface area contributed by atoms with Crippen LogP contribution < -0.4 is 22.5 Å². The Bertz CT molecular complexity index is 71.4. The van der Waals surface area contributed by atoms with Crippen molar-refractivity contribution in [1.29, 1.82) is 0 Å². The Morgan fingerprint density at radius 3 is 1.78 bits per heavy atom. The molecule has 0 aliphatic rings. The topological polar surface area (TPSA) is 93.3 Å². The third-order valence-electron chi connectivity index (χ3n) is 0.920. The zero-order valence-corrected chi connectivity index (χ0v) is 5.83. The van der Waals surface area contributed by atoms with Gasteiger partial charge >= 0.3 is 0 Å². The molecule has 9 heavy (non-hydrogen) atoms. The van der Waals surface area contributed by atoms with Crippen molar-refractivity contribution in [3.8, 4) is 0 Å². The summed E-state index contributed by atoms with van der Waals surface area (Å²) in [5.74, 6) is 0. The Hall–Kier alpha value is -0.200. The second-order valence-corrected chi connectivity index (χ2v) is 2.10.